The smallest absolute Gasteiger partial charge is 0.269 e. The lowest BCUT2D eigenvalue weighted by Crippen LogP contribution is -2.47. The van der Waals surface area contributed by atoms with Gasteiger partial charge in [0.1, 0.15) is 0 Å². The Hall–Kier alpha value is -1.46. The molecule has 1 saturated heterocycles. The van der Waals surface area contributed by atoms with Crippen LogP contribution in [0.3, 0.4) is 0 Å². The minimum Gasteiger partial charge on any atom is -0.327 e. The third-order valence-electron chi connectivity index (χ3n) is 4.27. The van der Waals surface area contributed by atoms with Gasteiger partial charge >= 0.3 is 0 Å². The second kappa shape index (κ2) is 6.81. The van der Waals surface area contributed by atoms with E-state index in [0.29, 0.717) is 12.0 Å². The summed E-state index contributed by atoms with van der Waals surface area (Å²) in [5.74, 6) is 0.598. The van der Waals surface area contributed by atoms with Crippen LogP contribution in [0.2, 0.25) is 0 Å². The van der Waals surface area contributed by atoms with Crippen molar-refractivity contribution in [2.24, 2.45) is 11.7 Å². The number of nitrogens with two attached hydrogens (primary N) is 1. The Kier molecular flexibility index (Phi) is 5.09. The molecular weight excluding hydrogens is 254 g/mol. The van der Waals surface area contributed by atoms with E-state index in [9.17, 15) is 10.1 Å². The molecule has 5 nitrogen and oxygen atoms in total. The zero-order valence-corrected chi connectivity index (χ0v) is 12.0. The lowest BCUT2D eigenvalue weighted by molar-refractivity contribution is -0.384. The van der Waals surface area contributed by atoms with Crippen LogP contribution in [0, 0.1) is 16.0 Å². The highest BCUT2D eigenvalue weighted by Gasteiger charge is 2.24. The van der Waals surface area contributed by atoms with Crippen LogP contribution in [-0.4, -0.2) is 35.5 Å². The maximum Gasteiger partial charge on any atom is 0.269 e. The topological polar surface area (TPSA) is 72.4 Å². The molecule has 0 bridgehead atoms. The predicted molar refractivity (Wildman–Crippen MR) is 79.6 cm³/mol. The number of benzene rings is 1. The van der Waals surface area contributed by atoms with Crippen LogP contribution < -0.4 is 5.73 Å². The van der Waals surface area contributed by atoms with Gasteiger partial charge in [-0.25, -0.2) is 0 Å². The number of hydrogen-bond acceptors (Lipinski definition) is 4. The number of hydrogen-bond donors (Lipinski definition) is 1. The van der Waals surface area contributed by atoms with Crippen LogP contribution >= 0.6 is 0 Å². The second-order valence-corrected chi connectivity index (χ2v) is 5.60. The molecule has 1 aromatic rings. The Morgan fingerprint density at radius 2 is 2.10 bits per heavy atom. The number of rotatable bonds is 5. The van der Waals surface area contributed by atoms with Gasteiger partial charge in [-0.05, 0) is 30.9 Å². The van der Waals surface area contributed by atoms with E-state index in [-0.39, 0.29) is 10.6 Å². The number of nitro benzene ring substituents is 1. The van der Waals surface area contributed by atoms with Gasteiger partial charge < -0.3 is 10.6 Å². The average molecular weight is 277 g/mol. The lowest BCUT2D eigenvalue weighted by atomic mass is 9.90. The van der Waals surface area contributed by atoms with Gasteiger partial charge in [-0.3, -0.25) is 10.1 Å². The van der Waals surface area contributed by atoms with Crippen molar-refractivity contribution in [2.45, 2.75) is 32.2 Å². The minimum absolute atomic E-state index is 0.156. The number of piperidine rings is 1. The van der Waals surface area contributed by atoms with Crippen LogP contribution in [0.4, 0.5) is 5.69 Å². The largest absolute Gasteiger partial charge is 0.327 e. The van der Waals surface area contributed by atoms with E-state index >= 15 is 0 Å². The normalized spacial score (nSPS) is 23.7. The second-order valence-electron chi connectivity index (χ2n) is 5.60. The van der Waals surface area contributed by atoms with E-state index in [0.717, 1.165) is 44.5 Å². The fourth-order valence-electron chi connectivity index (χ4n) is 2.83. The third kappa shape index (κ3) is 3.77. The van der Waals surface area contributed by atoms with Crippen molar-refractivity contribution in [2.75, 3.05) is 19.6 Å². The standard InChI is InChI=1S/C15H23N3O2/c1-2-13-11-17(10-8-15(13)16)9-7-12-3-5-14(6-4-12)18(19)20/h3-6,13,15H,2,7-11,16H2,1H3. The van der Waals surface area contributed by atoms with Crippen molar-refractivity contribution in [3.05, 3.63) is 39.9 Å². The van der Waals surface area contributed by atoms with Crippen molar-refractivity contribution in [1.82, 2.24) is 4.90 Å². The molecule has 0 spiro atoms. The van der Waals surface area contributed by atoms with Crippen molar-refractivity contribution < 1.29 is 4.92 Å². The summed E-state index contributed by atoms with van der Waals surface area (Å²) in [4.78, 5) is 12.7. The third-order valence-corrected chi connectivity index (χ3v) is 4.27. The minimum atomic E-state index is -0.359. The molecule has 2 N–H and O–H groups in total. The van der Waals surface area contributed by atoms with Gasteiger partial charge in [0.15, 0.2) is 0 Å². The first-order chi connectivity index (χ1) is 9.60. The Bertz CT molecular complexity index is 447. The summed E-state index contributed by atoms with van der Waals surface area (Å²) >= 11 is 0. The molecule has 0 radical (unpaired) electrons. The monoisotopic (exact) mass is 277 g/mol. The maximum absolute atomic E-state index is 10.6. The summed E-state index contributed by atoms with van der Waals surface area (Å²) in [6, 6.07) is 7.21. The summed E-state index contributed by atoms with van der Waals surface area (Å²) in [6.07, 6.45) is 3.14. The highest BCUT2D eigenvalue weighted by molar-refractivity contribution is 5.32. The van der Waals surface area contributed by atoms with Gasteiger partial charge in [0.05, 0.1) is 4.92 Å². The van der Waals surface area contributed by atoms with Crippen LogP contribution in [0.25, 0.3) is 0 Å². The molecular formula is C15H23N3O2. The molecule has 0 aliphatic carbocycles. The molecule has 1 aromatic carbocycles. The highest BCUT2D eigenvalue weighted by atomic mass is 16.6. The molecule has 0 amide bonds. The van der Waals surface area contributed by atoms with Gasteiger partial charge in [-0.15, -0.1) is 0 Å². The fraction of sp³-hybridized carbons (Fsp3) is 0.600. The van der Waals surface area contributed by atoms with Crippen LogP contribution in [0.1, 0.15) is 25.3 Å². The van der Waals surface area contributed by atoms with E-state index in [1.165, 1.54) is 0 Å². The van der Waals surface area contributed by atoms with Crippen LogP contribution in [-0.2, 0) is 6.42 Å². The predicted octanol–water partition coefficient (Wildman–Crippen LogP) is 2.20. The van der Waals surface area contributed by atoms with E-state index in [2.05, 4.69) is 11.8 Å². The van der Waals surface area contributed by atoms with E-state index < -0.39 is 0 Å². The zero-order chi connectivity index (χ0) is 14.5. The fourth-order valence-corrected chi connectivity index (χ4v) is 2.83. The molecule has 1 aliphatic heterocycles. The SMILES string of the molecule is CCC1CN(CCc2ccc([N+](=O)[O-])cc2)CCC1N. The van der Waals surface area contributed by atoms with Gasteiger partial charge in [0, 0.05) is 31.3 Å². The van der Waals surface area contributed by atoms with E-state index in [1.54, 1.807) is 12.1 Å². The number of nitro groups is 1. The molecule has 2 atom stereocenters. The molecule has 1 heterocycles. The molecule has 110 valence electrons. The van der Waals surface area contributed by atoms with Gasteiger partial charge in [0.25, 0.3) is 5.69 Å². The number of nitrogens with zero attached hydrogens (tertiary/aromatic N) is 2. The van der Waals surface area contributed by atoms with Crippen molar-refractivity contribution in [3.63, 3.8) is 0 Å². The molecule has 20 heavy (non-hydrogen) atoms. The van der Waals surface area contributed by atoms with E-state index in [1.807, 2.05) is 12.1 Å². The Morgan fingerprint density at radius 3 is 2.70 bits per heavy atom. The first-order valence-corrected chi connectivity index (χ1v) is 7.31. The Morgan fingerprint density at radius 1 is 1.40 bits per heavy atom. The lowest BCUT2D eigenvalue weighted by Gasteiger charge is -2.36. The summed E-state index contributed by atoms with van der Waals surface area (Å²) in [5, 5.41) is 10.6. The highest BCUT2D eigenvalue weighted by Crippen LogP contribution is 2.19. The zero-order valence-electron chi connectivity index (χ0n) is 12.0. The number of likely N-dealkylation sites (tertiary alicyclic amines) is 1. The molecule has 2 rings (SSSR count). The van der Waals surface area contributed by atoms with Gasteiger partial charge in [-0.2, -0.15) is 0 Å². The summed E-state index contributed by atoms with van der Waals surface area (Å²) in [7, 11) is 0. The van der Waals surface area contributed by atoms with Gasteiger partial charge in [0.2, 0.25) is 0 Å². The molecule has 2 unspecified atom stereocenters. The Labute approximate surface area is 119 Å². The van der Waals surface area contributed by atoms with Crippen molar-refractivity contribution >= 4 is 5.69 Å². The average Bonchev–Trinajstić information content (AvgIpc) is 2.46. The molecule has 5 heteroatoms. The quantitative estimate of drug-likeness (QED) is 0.661. The van der Waals surface area contributed by atoms with Gasteiger partial charge in [-0.1, -0.05) is 25.5 Å². The van der Waals surface area contributed by atoms with Crippen molar-refractivity contribution in [3.8, 4) is 0 Å². The summed E-state index contributed by atoms with van der Waals surface area (Å²) in [5.41, 5.74) is 7.42. The van der Waals surface area contributed by atoms with Crippen molar-refractivity contribution in [1.29, 1.82) is 0 Å². The first-order valence-electron chi connectivity index (χ1n) is 7.31. The van der Waals surface area contributed by atoms with Crippen LogP contribution in [0.5, 0.6) is 0 Å². The maximum atomic E-state index is 10.6. The Balaban J connectivity index is 1.84. The molecule has 0 aromatic heterocycles. The molecule has 0 saturated carbocycles. The first kappa shape index (κ1) is 14.9. The molecule has 1 aliphatic rings. The van der Waals surface area contributed by atoms with E-state index in [4.69, 9.17) is 5.73 Å². The number of non-ortho nitro benzene ring substituents is 1. The summed E-state index contributed by atoms with van der Waals surface area (Å²) < 4.78 is 0. The summed E-state index contributed by atoms with van der Waals surface area (Å²) in [6.45, 7) is 5.33. The van der Waals surface area contributed by atoms with Crippen LogP contribution in [0.15, 0.2) is 24.3 Å². The molecule has 1 fully saturated rings.